The predicted molar refractivity (Wildman–Crippen MR) is 73.7 cm³/mol. The molecule has 0 atom stereocenters. The maximum atomic E-state index is 12.4. The van der Waals surface area contributed by atoms with Gasteiger partial charge >= 0.3 is 0 Å². The van der Waals surface area contributed by atoms with E-state index in [9.17, 15) is 13.6 Å². The first kappa shape index (κ1) is 14.0. The Balaban J connectivity index is 2.01. The number of primary amides is 1. The van der Waals surface area contributed by atoms with Crippen LogP contribution in [0, 0.1) is 0 Å². The van der Waals surface area contributed by atoms with Crippen LogP contribution in [0.4, 0.5) is 14.5 Å². The topological polar surface area (TPSA) is 55.1 Å². The predicted octanol–water partition coefficient (Wildman–Crippen LogP) is 3.34. The highest BCUT2D eigenvalue weighted by Crippen LogP contribution is 2.19. The van der Waals surface area contributed by atoms with Crippen molar-refractivity contribution in [3.05, 3.63) is 65.2 Å². The van der Waals surface area contributed by atoms with Gasteiger partial charge in [-0.05, 0) is 23.8 Å². The van der Waals surface area contributed by atoms with Crippen LogP contribution < -0.4 is 11.1 Å². The molecule has 0 aliphatic rings. The molecule has 0 fully saturated rings. The van der Waals surface area contributed by atoms with E-state index < -0.39 is 12.3 Å². The minimum absolute atomic E-state index is 0.00414. The van der Waals surface area contributed by atoms with Gasteiger partial charge in [0, 0.05) is 23.4 Å². The smallest absolute Gasteiger partial charge is 0.263 e. The van der Waals surface area contributed by atoms with Crippen molar-refractivity contribution in [2.75, 3.05) is 5.32 Å². The van der Waals surface area contributed by atoms with Crippen LogP contribution in [-0.2, 0) is 6.54 Å². The van der Waals surface area contributed by atoms with Crippen LogP contribution in [0.3, 0.4) is 0 Å². The number of carbonyl (C=O) groups is 1. The van der Waals surface area contributed by atoms with Crippen molar-refractivity contribution in [1.82, 2.24) is 0 Å². The normalized spacial score (nSPS) is 10.6. The number of nitrogens with one attached hydrogen (secondary N) is 1. The summed E-state index contributed by atoms with van der Waals surface area (Å²) in [5.74, 6) is -0.491. The highest BCUT2D eigenvalue weighted by atomic mass is 19.3. The molecular weight excluding hydrogens is 262 g/mol. The Labute approximate surface area is 115 Å². The number of rotatable bonds is 5. The van der Waals surface area contributed by atoms with E-state index in [0.717, 1.165) is 11.3 Å². The Kier molecular flexibility index (Phi) is 4.30. The SMILES string of the molecule is NC(=O)c1cccc(NCc2ccc(C(F)F)cc2)c1. The minimum atomic E-state index is -2.45. The van der Waals surface area contributed by atoms with E-state index in [1.165, 1.54) is 12.1 Å². The molecule has 0 unspecified atom stereocenters. The molecule has 0 radical (unpaired) electrons. The highest BCUT2D eigenvalue weighted by Gasteiger charge is 2.06. The monoisotopic (exact) mass is 276 g/mol. The third kappa shape index (κ3) is 3.54. The molecule has 3 nitrogen and oxygen atoms in total. The molecule has 0 aliphatic heterocycles. The van der Waals surface area contributed by atoms with Crippen molar-refractivity contribution < 1.29 is 13.6 Å². The second-order valence-corrected chi connectivity index (χ2v) is 4.34. The molecule has 2 aromatic carbocycles. The molecule has 2 rings (SSSR count). The van der Waals surface area contributed by atoms with Crippen molar-refractivity contribution >= 4 is 11.6 Å². The van der Waals surface area contributed by atoms with Gasteiger partial charge in [-0.25, -0.2) is 8.78 Å². The fourth-order valence-corrected chi connectivity index (χ4v) is 1.77. The van der Waals surface area contributed by atoms with Gasteiger partial charge in [0.05, 0.1) is 0 Å². The molecule has 3 N–H and O–H groups in total. The summed E-state index contributed by atoms with van der Waals surface area (Å²) >= 11 is 0. The third-order valence-corrected chi connectivity index (χ3v) is 2.88. The van der Waals surface area contributed by atoms with E-state index in [2.05, 4.69) is 5.32 Å². The van der Waals surface area contributed by atoms with Gasteiger partial charge in [-0.1, -0.05) is 30.3 Å². The first-order valence-electron chi connectivity index (χ1n) is 6.07. The molecule has 2 aromatic rings. The van der Waals surface area contributed by atoms with Gasteiger partial charge in [0.1, 0.15) is 0 Å². The van der Waals surface area contributed by atoms with Crippen molar-refractivity contribution in [2.24, 2.45) is 5.73 Å². The van der Waals surface area contributed by atoms with E-state index in [-0.39, 0.29) is 5.56 Å². The molecule has 1 amide bonds. The summed E-state index contributed by atoms with van der Waals surface area (Å²) in [6.07, 6.45) is -2.45. The quantitative estimate of drug-likeness (QED) is 0.880. The number of anilines is 1. The van der Waals surface area contributed by atoms with Gasteiger partial charge in [-0.15, -0.1) is 0 Å². The van der Waals surface area contributed by atoms with Gasteiger partial charge in [0.15, 0.2) is 0 Å². The molecule has 0 heterocycles. The van der Waals surface area contributed by atoms with Crippen LogP contribution in [0.1, 0.15) is 27.9 Å². The summed E-state index contributed by atoms with van der Waals surface area (Å²) in [6, 6.07) is 12.9. The molecule has 5 heteroatoms. The first-order valence-corrected chi connectivity index (χ1v) is 6.07. The number of halogens is 2. The van der Waals surface area contributed by atoms with Crippen LogP contribution in [0.5, 0.6) is 0 Å². The second kappa shape index (κ2) is 6.14. The van der Waals surface area contributed by atoms with Crippen molar-refractivity contribution in [1.29, 1.82) is 0 Å². The largest absolute Gasteiger partial charge is 0.381 e. The summed E-state index contributed by atoms with van der Waals surface area (Å²) in [5, 5.41) is 3.11. The zero-order valence-electron chi connectivity index (χ0n) is 10.6. The molecule has 0 bridgehead atoms. The number of carbonyl (C=O) groups excluding carboxylic acids is 1. The molecule has 0 saturated carbocycles. The average molecular weight is 276 g/mol. The van der Waals surface area contributed by atoms with E-state index >= 15 is 0 Å². The van der Waals surface area contributed by atoms with Crippen LogP contribution in [0.25, 0.3) is 0 Å². The fraction of sp³-hybridized carbons (Fsp3) is 0.133. The summed E-state index contributed by atoms with van der Waals surface area (Å²) < 4.78 is 24.8. The summed E-state index contributed by atoms with van der Waals surface area (Å²) in [5.41, 5.74) is 7.24. The van der Waals surface area contributed by atoms with E-state index in [1.54, 1.807) is 36.4 Å². The lowest BCUT2D eigenvalue weighted by Gasteiger charge is -2.08. The number of nitrogens with two attached hydrogens (primary N) is 1. The van der Waals surface area contributed by atoms with Crippen LogP contribution in [-0.4, -0.2) is 5.91 Å². The van der Waals surface area contributed by atoms with Crippen molar-refractivity contribution in [3.63, 3.8) is 0 Å². The van der Waals surface area contributed by atoms with Gasteiger partial charge in [0.25, 0.3) is 6.43 Å². The lowest BCUT2D eigenvalue weighted by molar-refractivity contribution is 0.100. The second-order valence-electron chi connectivity index (χ2n) is 4.34. The Morgan fingerprint density at radius 2 is 1.85 bits per heavy atom. The maximum absolute atomic E-state index is 12.4. The van der Waals surface area contributed by atoms with Gasteiger partial charge < -0.3 is 11.1 Å². The van der Waals surface area contributed by atoms with Gasteiger partial charge in [-0.2, -0.15) is 0 Å². The number of hydrogen-bond donors (Lipinski definition) is 2. The van der Waals surface area contributed by atoms with Gasteiger partial charge in [-0.3, -0.25) is 4.79 Å². The average Bonchev–Trinajstić information content (AvgIpc) is 2.46. The Hall–Kier alpha value is -2.43. The number of amides is 1. The minimum Gasteiger partial charge on any atom is -0.381 e. The molecular formula is C15H14F2N2O. The van der Waals surface area contributed by atoms with Gasteiger partial charge in [0.2, 0.25) is 5.91 Å². The highest BCUT2D eigenvalue weighted by molar-refractivity contribution is 5.93. The maximum Gasteiger partial charge on any atom is 0.263 e. The van der Waals surface area contributed by atoms with Crippen LogP contribution in [0.2, 0.25) is 0 Å². The molecule has 0 aliphatic carbocycles. The molecule has 0 aromatic heterocycles. The van der Waals surface area contributed by atoms with Crippen LogP contribution >= 0.6 is 0 Å². The Morgan fingerprint density at radius 3 is 2.45 bits per heavy atom. The molecule has 0 spiro atoms. The zero-order chi connectivity index (χ0) is 14.5. The fourth-order valence-electron chi connectivity index (χ4n) is 1.77. The zero-order valence-corrected chi connectivity index (χ0v) is 10.6. The lowest BCUT2D eigenvalue weighted by atomic mass is 10.1. The molecule has 0 saturated heterocycles. The van der Waals surface area contributed by atoms with Crippen molar-refractivity contribution in [2.45, 2.75) is 13.0 Å². The first-order chi connectivity index (χ1) is 9.56. The summed E-state index contributed by atoms with van der Waals surface area (Å²) in [4.78, 5) is 11.1. The molecule has 20 heavy (non-hydrogen) atoms. The van der Waals surface area contributed by atoms with E-state index in [0.29, 0.717) is 12.1 Å². The summed E-state index contributed by atoms with van der Waals surface area (Å²) in [7, 11) is 0. The summed E-state index contributed by atoms with van der Waals surface area (Å²) in [6.45, 7) is 0.478. The number of alkyl halides is 2. The van der Waals surface area contributed by atoms with E-state index in [4.69, 9.17) is 5.73 Å². The Morgan fingerprint density at radius 1 is 1.15 bits per heavy atom. The number of benzene rings is 2. The standard InChI is InChI=1S/C15H14F2N2O/c16-14(17)11-6-4-10(5-7-11)9-19-13-3-1-2-12(8-13)15(18)20/h1-8,14,19H,9H2,(H2,18,20). The third-order valence-electron chi connectivity index (χ3n) is 2.88. The van der Waals surface area contributed by atoms with E-state index in [1.807, 2.05) is 0 Å². The number of hydrogen-bond acceptors (Lipinski definition) is 2. The molecule has 104 valence electrons. The van der Waals surface area contributed by atoms with Crippen LogP contribution in [0.15, 0.2) is 48.5 Å². The van der Waals surface area contributed by atoms with Crippen molar-refractivity contribution in [3.8, 4) is 0 Å². The lowest BCUT2D eigenvalue weighted by Crippen LogP contribution is -2.11. The Bertz CT molecular complexity index is 597.